The Bertz CT molecular complexity index is 841. The summed E-state index contributed by atoms with van der Waals surface area (Å²) in [5, 5.41) is 6.69. The minimum absolute atomic E-state index is 0.307. The molecule has 0 fully saturated rings. The standard InChI is InChI=1S/C18H16FN3O2/c1-11-3-5-13(6-4-11)16-21-18(24-22-16)12(2)20-17(23)14-7-9-15(19)10-8-14/h3-10,12H,1-2H3,(H,20,23)/t12-/m1/s1. The number of nitrogens with one attached hydrogen (secondary N) is 1. The molecule has 2 aromatic carbocycles. The number of hydrogen-bond donors (Lipinski definition) is 1. The molecule has 0 bridgehead atoms. The van der Waals surface area contributed by atoms with E-state index in [1.807, 2.05) is 31.2 Å². The maximum absolute atomic E-state index is 12.9. The first-order valence-corrected chi connectivity index (χ1v) is 7.50. The Labute approximate surface area is 138 Å². The molecule has 122 valence electrons. The summed E-state index contributed by atoms with van der Waals surface area (Å²) in [6, 6.07) is 12.6. The zero-order valence-electron chi connectivity index (χ0n) is 13.3. The van der Waals surface area contributed by atoms with Crippen molar-refractivity contribution in [2.24, 2.45) is 0 Å². The lowest BCUT2D eigenvalue weighted by Crippen LogP contribution is -2.26. The third-order valence-electron chi connectivity index (χ3n) is 3.58. The molecule has 0 spiro atoms. The van der Waals surface area contributed by atoms with E-state index >= 15 is 0 Å². The van der Waals surface area contributed by atoms with E-state index in [0.717, 1.165) is 11.1 Å². The first-order chi connectivity index (χ1) is 11.5. The van der Waals surface area contributed by atoms with Gasteiger partial charge in [0.1, 0.15) is 11.9 Å². The third-order valence-corrected chi connectivity index (χ3v) is 3.58. The van der Waals surface area contributed by atoms with Crippen LogP contribution in [0.3, 0.4) is 0 Å². The molecule has 1 heterocycles. The first-order valence-electron chi connectivity index (χ1n) is 7.50. The number of benzene rings is 2. The van der Waals surface area contributed by atoms with Crippen LogP contribution in [0, 0.1) is 12.7 Å². The summed E-state index contributed by atoms with van der Waals surface area (Å²) >= 11 is 0. The lowest BCUT2D eigenvalue weighted by Gasteiger charge is -2.09. The second-order valence-electron chi connectivity index (χ2n) is 5.52. The fraction of sp³-hybridized carbons (Fsp3) is 0.167. The van der Waals surface area contributed by atoms with Crippen LogP contribution in [0.4, 0.5) is 4.39 Å². The van der Waals surface area contributed by atoms with E-state index in [1.54, 1.807) is 6.92 Å². The summed E-state index contributed by atoms with van der Waals surface area (Å²) in [5.41, 5.74) is 2.34. The highest BCUT2D eigenvalue weighted by Gasteiger charge is 2.18. The summed E-state index contributed by atoms with van der Waals surface area (Å²) in [4.78, 5) is 16.4. The van der Waals surface area contributed by atoms with Gasteiger partial charge in [0.05, 0.1) is 0 Å². The van der Waals surface area contributed by atoms with Crippen LogP contribution in [-0.2, 0) is 0 Å². The van der Waals surface area contributed by atoms with E-state index in [1.165, 1.54) is 24.3 Å². The molecule has 24 heavy (non-hydrogen) atoms. The Morgan fingerprint density at radius 3 is 2.46 bits per heavy atom. The predicted octanol–water partition coefficient (Wildman–Crippen LogP) is 3.68. The van der Waals surface area contributed by atoms with Crippen molar-refractivity contribution in [2.75, 3.05) is 0 Å². The molecular formula is C18H16FN3O2. The molecule has 0 radical (unpaired) electrons. The SMILES string of the molecule is Cc1ccc(-c2noc([C@@H](C)NC(=O)c3ccc(F)cc3)n2)cc1. The van der Waals surface area contributed by atoms with E-state index in [-0.39, 0.29) is 11.7 Å². The van der Waals surface area contributed by atoms with E-state index in [2.05, 4.69) is 15.5 Å². The van der Waals surface area contributed by atoms with Crippen molar-refractivity contribution in [1.29, 1.82) is 0 Å². The molecule has 6 heteroatoms. The smallest absolute Gasteiger partial charge is 0.251 e. The van der Waals surface area contributed by atoms with Crippen LogP contribution >= 0.6 is 0 Å². The average Bonchev–Trinajstić information content (AvgIpc) is 3.06. The highest BCUT2D eigenvalue weighted by atomic mass is 19.1. The van der Waals surface area contributed by atoms with Crippen LogP contribution in [0.1, 0.15) is 34.8 Å². The number of aromatic nitrogens is 2. The summed E-state index contributed by atoms with van der Waals surface area (Å²) in [7, 11) is 0. The monoisotopic (exact) mass is 325 g/mol. The Morgan fingerprint density at radius 2 is 1.79 bits per heavy atom. The number of rotatable bonds is 4. The Morgan fingerprint density at radius 1 is 1.12 bits per heavy atom. The molecule has 1 aromatic heterocycles. The molecular weight excluding hydrogens is 309 g/mol. The lowest BCUT2D eigenvalue weighted by atomic mass is 10.1. The third kappa shape index (κ3) is 3.48. The van der Waals surface area contributed by atoms with Crippen LogP contribution in [0.25, 0.3) is 11.4 Å². The summed E-state index contributed by atoms with van der Waals surface area (Å²) in [6.45, 7) is 3.74. The number of amides is 1. The molecule has 1 atom stereocenters. The molecule has 0 aliphatic carbocycles. The highest BCUT2D eigenvalue weighted by Crippen LogP contribution is 2.19. The van der Waals surface area contributed by atoms with Crippen molar-refractivity contribution in [3.63, 3.8) is 0 Å². The molecule has 0 unspecified atom stereocenters. The van der Waals surface area contributed by atoms with Crippen molar-refractivity contribution >= 4 is 5.91 Å². The summed E-state index contributed by atoms with van der Waals surface area (Å²) in [6.07, 6.45) is 0. The van der Waals surface area contributed by atoms with Crippen molar-refractivity contribution in [3.05, 3.63) is 71.4 Å². The quantitative estimate of drug-likeness (QED) is 0.794. The van der Waals surface area contributed by atoms with Gasteiger partial charge in [-0.1, -0.05) is 35.0 Å². The molecule has 1 N–H and O–H groups in total. The normalized spacial score (nSPS) is 12.0. The maximum atomic E-state index is 12.9. The Hall–Kier alpha value is -3.02. The van der Waals surface area contributed by atoms with Gasteiger partial charge in [-0.2, -0.15) is 4.98 Å². The topological polar surface area (TPSA) is 68.0 Å². The van der Waals surface area contributed by atoms with Gasteiger partial charge in [0.15, 0.2) is 0 Å². The number of aryl methyl sites for hydroxylation is 1. The molecule has 3 aromatic rings. The molecule has 1 amide bonds. The van der Waals surface area contributed by atoms with Crippen LogP contribution in [-0.4, -0.2) is 16.0 Å². The molecule has 0 saturated heterocycles. The number of nitrogens with zero attached hydrogens (tertiary/aromatic N) is 2. The fourth-order valence-corrected chi connectivity index (χ4v) is 2.17. The molecule has 5 nitrogen and oxygen atoms in total. The van der Waals surface area contributed by atoms with Gasteiger partial charge in [0.25, 0.3) is 5.91 Å². The Balaban J connectivity index is 1.71. The average molecular weight is 325 g/mol. The number of hydrogen-bond acceptors (Lipinski definition) is 4. The highest BCUT2D eigenvalue weighted by molar-refractivity contribution is 5.94. The molecule has 0 aliphatic rings. The van der Waals surface area contributed by atoms with Crippen molar-refractivity contribution in [2.45, 2.75) is 19.9 Å². The van der Waals surface area contributed by atoms with Gasteiger partial charge in [-0.15, -0.1) is 0 Å². The predicted molar refractivity (Wildman–Crippen MR) is 86.8 cm³/mol. The lowest BCUT2D eigenvalue weighted by molar-refractivity contribution is 0.0932. The second-order valence-corrected chi connectivity index (χ2v) is 5.52. The van der Waals surface area contributed by atoms with Crippen LogP contribution in [0.15, 0.2) is 53.1 Å². The van der Waals surface area contributed by atoms with Gasteiger partial charge in [-0.25, -0.2) is 4.39 Å². The van der Waals surface area contributed by atoms with Gasteiger partial charge < -0.3 is 9.84 Å². The minimum Gasteiger partial charge on any atom is -0.341 e. The molecule has 0 saturated carbocycles. The fourth-order valence-electron chi connectivity index (χ4n) is 2.17. The summed E-state index contributed by atoms with van der Waals surface area (Å²) in [5.74, 6) is 0.0470. The van der Waals surface area contributed by atoms with Gasteiger partial charge in [0, 0.05) is 11.1 Å². The Kier molecular flexibility index (Phi) is 4.37. The number of carbonyl (C=O) groups is 1. The van der Waals surface area contributed by atoms with Crippen molar-refractivity contribution in [3.8, 4) is 11.4 Å². The second kappa shape index (κ2) is 6.62. The number of carbonyl (C=O) groups excluding carboxylic acids is 1. The van der Waals surface area contributed by atoms with Crippen molar-refractivity contribution in [1.82, 2.24) is 15.5 Å². The van der Waals surface area contributed by atoms with E-state index in [0.29, 0.717) is 17.3 Å². The minimum atomic E-state index is -0.464. The van der Waals surface area contributed by atoms with E-state index in [4.69, 9.17) is 4.52 Å². The van der Waals surface area contributed by atoms with Crippen LogP contribution < -0.4 is 5.32 Å². The first kappa shape index (κ1) is 15.9. The maximum Gasteiger partial charge on any atom is 0.251 e. The van der Waals surface area contributed by atoms with Crippen molar-refractivity contribution < 1.29 is 13.7 Å². The zero-order valence-corrected chi connectivity index (χ0v) is 13.3. The summed E-state index contributed by atoms with van der Waals surface area (Å²) < 4.78 is 18.1. The van der Waals surface area contributed by atoms with Gasteiger partial charge in [-0.3, -0.25) is 4.79 Å². The van der Waals surface area contributed by atoms with Gasteiger partial charge in [-0.05, 0) is 38.1 Å². The van der Waals surface area contributed by atoms with E-state index in [9.17, 15) is 9.18 Å². The van der Waals surface area contributed by atoms with E-state index < -0.39 is 6.04 Å². The molecule has 3 rings (SSSR count). The number of halogens is 1. The zero-order chi connectivity index (χ0) is 17.1. The van der Waals surface area contributed by atoms with Crippen LogP contribution in [0.2, 0.25) is 0 Å². The molecule has 0 aliphatic heterocycles. The largest absolute Gasteiger partial charge is 0.341 e. The van der Waals surface area contributed by atoms with Crippen LogP contribution in [0.5, 0.6) is 0 Å². The van der Waals surface area contributed by atoms with Gasteiger partial charge >= 0.3 is 0 Å². The van der Waals surface area contributed by atoms with Gasteiger partial charge in [0.2, 0.25) is 11.7 Å².